The van der Waals surface area contributed by atoms with E-state index in [2.05, 4.69) is 0 Å². The van der Waals surface area contributed by atoms with Gasteiger partial charge in [0.15, 0.2) is 0 Å². The molecule has 6 heavy (non-hydrogen) atoms. The third kappa shape index (κ3) is 2.14. The maximum atomic E-state index is 8.60. The van der Waals surface area contributed by atoms with E-state index < -0.39 is 19.2 Å². The van der Waals surface area contributed by atoms with Crippen LogP contribution in [0.25, 0.3) is 0 Å². The van der Waals surface area contributed by atoms with Gasteiger partial charge in [0.25, 0.3) is 0 Å². The zero-order valence-electron chi connectivity index (χ0n) is 7.84. The molecule has 0 spiro atoms. The number of hydrogen-bond acceptors (Lipinski definition) is 3. The molecule has 0 rings (SSSR count). The second-order valence-corrected chi connectivity index (χ2v) is 0.572. The molecule has 0 aromatic carbocycles. The van der Waals surface area contributed by atoms with Crippen molar-refractivity contribution >= 4 is 0 Å². The Bertz CT molecular complexity index is 128. The van der Waals surface area contributed by atoms with Crippen molar-refractivity contribution < 1.29 is 22.2 Å². The molecule has 0 saturated carbocycles. The predicted octanol–water partition coefficient (Wildman–Crippen LogP) is -1.67. The molecule has 0 saturated heterocycles. The van der Waals surface area contributed by atoms with Crippen LogP contribution in [0.4, 0.5) is 0 Å². The average molecular weight is 100 g/mol. The van der Waals surface area contributed by atoms with Crippen molar-refractivity contribution in [2.24, 2.45) is 0 Å². The molecule has 0 unspecified atom stereocenters. The third-order valence-corrected chi connectivity index (χ3v) is 0.212. The number of rotatable bonds is 2. The quantitative estimate of drug-likeness (QED) is 0.364. The molecule has 0 radical (unpaired) electrons. The van der Waals surface area contributed by atoms with Gasteiger partial charge in [-0.05, 0) is 0 Å². The zero-order valence-corrected chi connectivity index (χ0v) is 2.84. The van der Waals surface area contributed by atoms with Crippen LogP contribution in [0.2, 0.25) is 0 Å². The Kier molecular flexibility index (Phi) is 0.738. The topological polar surface area (TPSA) is 60.7 Å². The lowest BCUT2D eigenvalue weighted by Gasteiger charge is -1.96. The molecule has 0 heterocycles. The Labute approximate surface area is 42.9 Å². The standard InChI is InChI=1S/C3H8O3/c4-1-3(6)2-5/h3-6H,1-2H2/i1+1D2,2+1D2,3+1D. The largest absolute Gasteiger partial charge is 0.394 e. The van der Waals surface area contributed by atoms with Crippen LogP contribution in [0.5, 0.6) is 0 Å². The molecule has 0 aliphatic rings. The Morgan fingerprint density at radius 3 is 2.00 bits per heavy atom. The molecule has 0 bridgehead atoms. The van der Waals surface area contributed by atoms with E-state index in [1.54, 1.807) is 0 Å². The fraction of sp³-hybridized carbons (Fsp3) is 1.00. The highest BCUT2D eigenvalue weighted by atomic mass is 16.5. The van der Waals surface area contributed by atoms with E-state index in [1.165, 1.54) is 0 Å². The fourth-order valence-corrected chi connectivity index (χ4v) is 0.0250. The molecule has 0 aromatic rings. The summed E-state index contributed by atoms with van der Waals surface area (Å²) >= 11 is 0. The maximum Gasteiger partial charge on any atom is 0.100 e. The molecule has 38 valence electrons. The van der Waals surface area contributed by atoms with E-state index in [9.17, 15) is 0 Å². The molecular formula is C3H8O3. The van der Waals surface area contributed by atoms with Crippen LogP contribution >= 0.6 is 0 Å². The van der Waals surface area contributed by atoms with Gasteiger partial charge in [0.1, 0.15) is 6.08 Å². The van der Waals surface area contributed by atoms with Gasteiger partial charge in [-0.1, -0.05) is 0 Å². The third-order valence-electron chi connectivity index (χ3n) is 0.212. The van der Waals surface area contributed by atoms with Crippen molar-refractivity contribution in [2.45, 2.75) is 6.08 Å². The van der Waals surface area contributed by atoms with Crippen LogP contribution < -0.4 is 0 Å². The van der Waals surface area contributed by atoms with Gasteiger partial charge in [-0.15, -0.1) is 0 Å². The molecule has 3 heteroatoms. The average Bonchev–Trinajstić information content (AvgIpc) is 1.58. The van der Waals surface area contributed by atoms with E-state index in [0.29, 0.717) is 0 Å². The Hall–Kier alpha value is -0.120. The maximum absolute atomic E-state index is 8.60. The van der Waals surface area contributed by atoms with Gasteiger partial charge in [0.2, 0.25) is 0 Å². The van der Waals surface area contributed by atoms with Crippen LogP contribution in [0.15, 0.2) is 0 Å². The van der Waals surface area contributed by atoms with Crippen molar-refractivity contribution in [2.75, 3.05) is 13.1 Å². The van der Waals surface area contributed by atoms with Crippen molar-refractivity contribution in [1.29, 1.82) is 0 Å². The lowest BCUT2D eigenvalue weighted by molar-refractivity contribution is 0.0450. The molecule has 0 aliphatic carbocycles. The van der Waals surface area contributed by atoms with E-state index in [-0.39, 0.29) is 0 Å². The Balaban J connectivity index is 4.75. The molecule has 3 N–H and O–H groups in total. The second-order valence-electron chi connectivity index (χ2n) is 0.572. The summed E-state index contributed by atoms with van der Waals surface area (Å²) in [6.07, 6.45) is -3.60. The van der Waals surface area contributed by atoms with Gasteiger partial charge in [-0.25, -0.2) is 0 Å². The lowest BCUT2D eigenvalue weighted by atomic mass is 11.4. The molecule has 0 amide bonds. The van der Waals surface area contributed by atoms with Crippen LogP contribution in [-0.2, 0) is 0 Å². The SMILES string of the molecule is [2H][13C]([2H])(O)[13C]([2H])(O)[13C]([2H])([2H])O. The summed E-state index contributed by atoms with van der Waals surface area (Å²) in [5, 5.41) is 25.4. The first kappa shape index (κ1) is 1.43. The molecular weight excluding hydrogens is 87.0 g/mol. The minimum atomic E-state index is -3.60. The van der Waals surface area contributed by atoms with Gasteiger partial charge in [0.05, 0.1) is 20.0 Å². The summed E-state index contributed by atoms with van der Waals surface area (Å²) in [6, 6.07) is 0. The predicted molar refractivity (Wildman–Crippen MR) is 20.2 cm³/mol. The highest BCUT2D eigenvalue weighted by Crippen LogP contribution is 1.71. The zero-order chi connectivity index (χ0) is 9.50. The van der Waals surface area contributed by atoms with Gasteiger partial charge in [0, 0.05) is 0 Å². The van der Waals surface area contributed by atoms with Crippen LogP contribution in [0.1, 0.15) is 6.85 Å². The van der Waals surface area contributed by atoms with Crippen LogP contribution in [0, 0.1) is 0 Å². The summed E-state index contributed by atoms with van der Waals surface area (Å²) < 4.78 is 32.0. The minimum Gasteiger partial charge on any atom is -0.394 e. The number of hydrogen-bond donors (Lipinski definition) is 3. The van der Waals surface area contributed by atoms with Crippen LogP contribution in [-0.4, -0.2) is 34.5 Å². The normalized spacial score (nSPS) is 28.8. The summed E-state index contributed by atoms with van der Waals surface area (Å²) in [5.41, 5.74) is 0. The Morgan fingerprint density at radius 2 is 2.00 bits per heavy atom. The smallest absolute Gasteiger partial charge is 0.100 e. The molecule has 0 aromatic heterocycles. The van der Waals surface area contributed by atoms with Crippen molar-refractivity contribution in [1.82, 2.24) is 0 Å². The van der Waals surface area contributed by atoms with Gasteiger partial charge < -0.3 is 15.3 Å². The fourth-order valence-electron chi connectivity index (χ4n) is 0.0250. The first-order valence-corrected chi connectivity index (χ1v) is 1.17. The summed E-state index contributed by atoms with van der Waals surface area (Å²) in [7, 11) is 0. The van der Waals surface area contributed by atoms with Gasteiger partial charge in [-0.3, -0.25) is 0 Å². The summed E-state index contributed by atoms with van der Waals surface area (Å²) in [4.78, 5) is 0. The Morgan fingerprint density at radius 1 is 1.67 bits per heavy atom. The van der Waals surface area contributed by atoms with E-state index >= 15 is 0 Å². The van der Waals surface area contributed by atoms with Crippen molar-refractivity contribution in [3.05, 3.63) is 0 Å². The summed E-state index contributed by atoms with van der Waals surface area (Å²) in [5.74, 6) is 0. The van der Waals surface area contributed by atoms with Crippen molar-refractivity contribution in [3.8, 4) is 0 Å². The van der Waals surface area contributed by atoms with E-state index in [1.807, 2.05) is 0 Å². The lowest BCUT2D eigenvalue weighted by Crippen LogP contribution is -2.15. The van der Waals surface area contributed by atoms with E-state index in [0.717, 1.165) is 0 Å². The first-order chi connectivity index (χ1) is 4.50. The molecule has 0 atom stereocenters. The minimum absolute atomic E-state index is 3.52. The van der Waals surface area contributed by atoms with Crippen molar-refractivity contribution in [3.63, 3.8) is 0 Å². The van der Waals surface area contributed by atoms with E-state index in [4.69, 9.17) is 22.2 Å². The first-order valence-electron chi connectivity index (χ1n) is 3.67. The van der Waals surface area contributed by atoms with Gasteiger partial charge >= 0.3 is 0 Å². The highest BCUT2D eigenvalue weighted by molar-refractivity contribution is 4.43. The number of aliphatic hydroxyl groups is 3. The second kappa shape index (κ2) is 3.08. The monoisotopic (exact) mass is 100 g/mol. The summed E-state index contributed by atoms with van der Waals surface area (Å²) in [6.45, 7) is -7.05. The molecule has 3 nitrogen and oxygen atoms in total. The van der Waals surface area contributed by atoms with Crippen LogP contribution in [0.3, 0.4) is 0 Å². The highest BCUT2D eigenvalue weighted by Gasteiger charge is 1.93. The molecule has 0 aliphatic heterocycles. The van der Waals surface area contributed by atoms with Gasteiger partial charge in [-0.2, -0.15) is 0 Å². The molecule has 0 fully saturated rings.